The highest BCUT2D eigenvalue weighted by atomic mass is 16.3. The molecule has 1 aromatic heterocycles. The molecule has 15 heavy (non-hydrogen) atoms. The summed E-state index contributed by atoms with van der Waals surface area (Å²) in [6, 6.07) is 0. The molecule has 0 spiro atoms. The Hall–Kier alpha value is -0.870. The zero-order valence-corrected chi connectivity index (χ0v) is 9.85. The van der Waals surface area contributed by atoms with Gasteiger partial charge < -0.3 is 10.0 Å². The summed E-state index contributed by atoms with van der Waals surface area (Å²) in [5, 5.41) is 13.4. The molecule has 1 aromatic rings. The van der Waals surface area contributed by atoms with Crippen LogP contribution in [0.1, 0.15) is 25.8 Å². The van der Waals surface area contributed by atoms with E-state index >= 15 is 0 Å². The van der Waals surface area contributed by atoms with Crippen molar-refractivity contribution >= 4 is 0 Å². The van der Waals surface area contributed by atoms with Gasteiger partial charge in [0.05, 0.1) is 12.3 Å². The first-order valence-corrected chi connectivity index (χ1v) is 5.49. The first-order chi connectivity index (χ1) is 7.11. The molecule has 0 aliphatic rings. The average molecular weight is 211 g/mol. The molecule has 1 heterocycles. The molecule has 1 N–H and O–H groups in total. The number of rotatable bonds is 6. The summed E-state index contributed by atoms with van der Waals surface area (Å²) < 4.78 is 1.93. The Morgan fingerprint density at radius 2 is 2.33 bits per heavy atom. The SMILES string of the molecule is CCn1cc(CN(C)CCC(C)O)cn1. The predicted molar refractivity (Wildman–Crippen MR) is 60.5 cm³/mol. The summed E-state index contributed by atoms with van der Waals surface area (Å²) >= 11 is 0. The van der Waals surface area contributed by atoms with Crippen LogP contribution in [0, 0.1) is 0 Å². The molecule has 86 valence electrons. The van der Waals surface area contributed by atoms with Gasteiger partial charge in [-0.3, -0.25) is 4.68 Å². The van der Waals surface area contributed by atoms with E-state index in [9.17, 15) is 0 Å². The Kier molecular flexibility index (Phi) is 4.78. The normalized spacial score (nSPS) is 13.4. The quantitative estimate of drug-likeness (QED) is 0.766. The largest absolute Gasteiger partial charge is 0.393 e. The van der Waals surface area contributed by atoms with E-state index in [-0.39, 0.29) is 6.10 Å². The average Bonchev–Trinajstić information content (AvgIpc) is 2.62. The standard InChI is InChI=1S/C11H21N3O/c1-4-14-9-11(7-12-14)8-13(3)6-5-10(2)15/h7,9-10,15H,4-6,8H2,1-3H3. The van der Waals surface area contributed by atoms with Gasteiger partial charge in [0.1, 0.15) is 0 Å². The molecule has 0 amide bonds. The van der Waals surface area contributed by atoms with Crippen molar-refractivity contribution in [3.8, 4) is 0 Å². The van der Waals surface area contributed by atoms with Gasteiger partial charge in [-0.15, -0.1) is 0 Å². The number of aromatic nitrogens is 2. The summed E-state index contributed by atoms with van der Waals surface area (Å²) in [4.78, 5) is 2.20. The third kappa shape index (κ3) is 4.44. The van der Waals surface area contributed by atoms with Crippen LogP contribution >= 0.6 is 0 Å². The summed E-state index contributed by atoms with van der Waals surface area (Å²) in [6.07, 6.45) is 4.57. The van der Waals surface area contributed by atoms with Crippen molar-refractivity contribution in [1.82, 2.24) is 14.7 Å². The van der Waals surface area contributed by atoms with Crippen molar-refractivity contribution in [1.29, 1.82) is 0 Å². The third-order valence-electron chi connectivity index (χ3n) is 2.39. The van der Waals surface area contributed by atoms with E-state index in [2.05, 4.69) is 30.2 Å². The molecule has 0 aliphatic heterocycles. The van der Waals surface area contributed by atoms with E-state index in [1.807, 2.05) is 17.8 Å². The van der Waals surface area contributed by atoms with Gasteiger partial charge >= 0.3 is 0 Å². The minimum Gasteiger partial charge on any atom is -0.393 e. The molecule has 0 saturated heterocycles. The lowest BCUT2D eigenvalue weighted by molar-refractivity contribution is 0.163. The lowest BCUT2D eigenvalue weighted by Gasteiger charge is -2.16. The summed E-state index contributed by atoms with van der Waals surface area (Å²) in [6.45, 7) is 6.62. The van der Waals surface area contributed by atoms with Gasteiger partial charge in [-0.05, 0) is 27.3 Å². The summed E-state index contributed by atoms with van der Waals surface area (Å²) in [7, 11) is 2.06. The third-order valence-corrected chi connectivity index (χ3v) is 2.39. The topological polar surface area (TPSA) is 41.3 Å². The molecule has 0 radical (unpaired) electrons. The van der Waals surface area contributed by atoms with Crippen LogP contribution in [0.15, 0.2) is 12.4 Å². The molecule has 1 rings (SSSR count). The Labute approximate surface area is 91.5 Å². The fraction of sp³-hybridized carbons (Fsp3) is 0.727. The number of nitrogens with zero attached hydrogens (tertiary/aromatic N) is 3. The van der Waals surface area contributed by atoms with Gasteiger partial charge in [-0.2, -0.15) is 5.10 Å². The van der Waals surface area contributed by atoms with Crippen molar-refractivity contribution in [3.63, 3.8) is 0 Å². The van der Waals surface area contributed by atoms with Gasteiger partial charge in [0, 0.05) is 31.4 Å². The van der Waals surface area contributed by atoms with Gasteiger partial charge in [0.15, 0.2) is 0 Å². The molecular formula is C11H21N3O. The zero-order valence-electron chi connectivity index (χ0n) is 9.85. The van der Waals surface area contributed by atoms with Crippen molar-refractivity contribution in [2.24, 2.45) is 0 Å². The van der Waals surface area contributed by atoms with Crippen molar-refractivity contribution in [3.05, 3.63) is 18.0 Å². The highest BCUT2D eigenvalue weighted by Gasteiger charge is 2.04. The summed E-state index contributed by atoms with van der Waals surface area (Å²) in [5.74, 6) is 0. The van der Waals surface area contributed by atoms with Crippen molar-refractivity contribution in [2.45, 2.75) is 39.5 Å². The number of hydrogen-bond acceptors (Lipinski definition) is 3. The fourth-order valence-corrected chi connectivity index (χ4v) is 1.46. The van der Waals surface area contributed by atoms with Crippen LogP contribution < -0.4 is 0 Å². The first-order valence-electron chi connectivity index (χ1n) is 5.49. The van der Waals surface area contributed by atoms with Crippen LogP contribution in [0.3, 0.4) is 0 Å². The first kappa shape index (κ1) is 12.2. The molecule has 1 unspecified atom stereocenters. The van der Waals surface area contributed by atoms with Crippen LogP contribution in [0.5, 0.6) is 0 Å². The van der Waals surface area contributed by atoms with E-state index in [0.29, 0.717) is 0 Å². The number of aliphatic hydroxyl groups is 1. The molecule has 0 bridgehead atoms. The van der Waals surface area contributed by atoms with E-state index in [1.165, 1.54) is 5.56 Å². The van der Waals surface area contributed by atoms with Crippen molar-refractivity contribution in [2.75, 3.05) is 13.6 Å². The predicted octanol–water partition coefficient (Wildman–Crippen LogP) is 1.11. The molecule has 0 saturated carbocycles. The van der Waals surface area contributed by atoms with Crippen molar-refractivity contribution < 1.29 is 5.11 Å². The van der Waals surface area contributed by atoms with Gasteiger partial charge in [0.25, 0.3) is 0 Å². The minimum absolute atomic E-state index is 0.217. The monoisotopic (exact) mass is 211 g/mol. The van der Waals surface area contributed by atoms with E-state index in [0.717, 1.165) is 26.1 Å². The minimum atomic E-state index is -0.217. The lowest BCUT2D eigenvalue weighted by atomic mass is 10.2. The molecule has 4 heteroatoms. The maximum absolute atomic E-state index is 9.17. The second-order valence-corrected chi connectivity index (χ2v) is 4.08. The van der Waals surface area contributed by atoms with Crippen LogP contribution in [0.2, 0.25) is 0 Å². The number of hydrogen-bond donors (Lipinski definition) is 1. The maximum atomic E-state index is 9.17. The second kappa shape index (κ2) is 5.88. The lowest BCUT2D eigenvalue weighted by Crippen LogP contribution is -2.21. The summed E-state index contributed by atoms with van der Waals surface area (Å²) in [5.41, 5.74) is 1.23. The second-order valence-electron chi connectivity index (χ2n) is 4.08. The smallest absolute Gasteiger partial charge is 0.0534 e. The Morgan fingerprint density at radius 3 is 2.87 bits per heavy atom. The van der Waals surface area contributed by atoms with Crippen LogP contribution in [0.25, 0.3) is 0 Å². The van der Waals surface area contributed by atoms with Gasteiger partial charge in [-0.25, -0.2) is 0 Å². The van der Waals surface area contributed by atoms with Crippen LogP contribution in [-0.4, -0.2) is 39.5 Å². The van der Waals surface area contributed by atoms with Crippen LogP contribution in [0.4, 0.5) is 0 Å². The number of aliphatic hydroxyl groups excluding tert-OH is 1. The molecular weight excluding hydrogens is 190 g/mol. The zero-order chi connectivity index (χ0) is 11.3. The highest BCUT2D eigenvalue weighted by Crippen LogP contribution is 2.03. The molecule has 1 atom stereocenters. The van der Waals surface area contributed by atoms with Gasteiger partial charge in [0.2, 0.25) is 0 Å². The van der Waals surface area contributed by atoms with E-state index < -0.39 is 0 Å². The van der Waals surface area contributed by atoms with Crippen LogP contribution in [-0.2, 0) is 13.1 Å². The van der Waals surface area contributed by atoms with Gasteiger partial charge in [-0.1, -0.05) is 0 Å². The highest BCUT2D eigenvalue weighted by molar-refractivity contribution is 5.03. The fourth-order valence-electron chi connectivity index (χ4n) is 1.46. The maximum Gasteiger partial charge on any atom is 0.0534 e. The molecule has 0 aliphatic carbocycles. The Balaban J connectivity index is 2.33. The Bertz CT molecular complexity index is 283. The number of aryl methyl sites for hydroxylation is 1. The van der Waals surface area contributed by atoms with E-state index in [4.69, 9.17) is 5.11 Å². The Morgan fingerprint density at radius 1 is 1.60 bits per heavy atom. The molecule has 4 nitrogen and oxygen atoms in total. The molecule has 0 fully saturated rings. The van der Waals surface area contributed by atoms with E-state index in [1.54, 1.807) is 0 Å². The molecule has 0 aromatic carbocycles.